The van der Waals surface area contributed by atoms with Gasteiger partial charge in [0.1, 0.15) is 0 Å². The third-order valence-corrected chi connectivity index (χ3v) is 5.88. The van der Waals surface area contributed by atoms with Crippen molar-refractivity contribution < 1.29 is 0 Å². The summed E-state index contributed by atoms with van der Waals surface area (Å²) in [6.07, 6.45) is 18.5. The van der Waals surface area contributed by atoms with E-state index in [1.807, 2.05) is 0 Å². The molecule has 0 aromatic carbocycles. The summed E-state index contributed by atoms with van der Waals surface area (Å²) in [5, 5.41) is 0. The van der Waals surface area contributed by atoms with Crippen LogP contribution in [0.4, 0.5) is 0 Å². The Bertz CT molecular complexity index is 194. The van der Waals surface area contributed by atoms with Crippen LogP contribution in [0.5, 0.6) is 0 Å². The van der Waals surface area contributed by atoms with Gasteiger partial charge in [0.15, 0.2) is 0 Å². The summed E-state index contributed by atoms with van der Waals surface area (Å²) >= 11 is 0.182. The van der Waals surface area contributed by atoms with Gasteiger partial charge >= 0.3 is 106 Å². The molecule has 0 N–H and O–H groups in total. The minimum absolute atomic E-state index is 0.182. The Balaban J connectivity index is 1.84. The van der Waals surface area contributed by atoms with Crippen molar-refractivity contribution in [3.63, 3.8) is 0 Å². The molecule has 0 aliphatic carbocycles. The van der Waals surface area contributed by atoms with Crippen molar-refractivity contribution in [3.8, 4) is 0 Å². The first-order valence-corrected chi connectivity index (χ1v) is 9.11. The van der Waals surface area contributed by atoms with Crippen molar-refractivity contribution in [2.75, 3.05) is 0 Å². The van der Waals surface area contributed by atoms with E-state index < -0.39 is 0 Å². The number of alkyl halides is 1. The summed E-state index contributed by atoms with van der Waals surface area (Å²) in [7, 11) is 0. The molecule has 0 saturated carbocycles. The maximum atomic E-state index is 2.43. The molecule has 1 atom stereocenters. The number of rotatable bonds is 8. The first-order chi connectivity index (χ1) is 7.43. The van der Waals surface area contributed by atoms with Crippen LogP contribution in [0.2, 0.25) is 0 Å². The first-order valence-electron chi connectivity index (χ1n) is 6.42. The van der Waals surface area contributed by atoms with Crippen molar-refractivity contribution >= 4 is 21.2 Å². The summed E-state index contributed by atoms with van der Waals surface area (Å²) in [6.45, 7) is 2.28. The third kappa shape index (κ3) is 7.15. The van der Waals surface area contributed by atoms with Crippen LogP contribution < -0.4 is 0 Å². The SMILES string of the molecule is CCCCCCCCCC1C=CC=C[IH]1. The van der Waals surface area contributed by atoms with Gasteiger partial charge in [-0.3, -0.25) is 0 Å². The van der Waals surface area contributed by atoms with E-state index in [9.17, 15) is 0 Å². The molecule has 1 heteroatoms. The Hall–Kier alpha value is 0.210. The molecular formula is C14H25I. The van der Waals surface area contributed by atoms with Gasteiger partial charge < -0.3 is 0 Å². The van der Waals surface area contributed by atoms with Gasteiger partial charge in [-0.2, -0.15) is 0 Å². The fourth-order valence-corrected chi connectivity index (χ4v) is 4.37. The first kappa shape index (κ1) is 13.3. The molecule has 88 valence electrons. The Morgan fingerprint density at radius 2 is 1.67 bits per heavy atom. The van der Waals surface area contributed by atoms with Crippen LogP contribution in [0.25, 0.3) is 0 Å². The molecule has 0 bridgehead atoms. The van der Waals surface area contributed by atoms with Gasteiger partial charge in [0.2, 0.25) is 0 Å². The molecule has 1 heterocycles. The van der Waals surface area contributed by atoms with Crippen molar-refractivity contribution in [3.05, 3.63) is 22.3 Å². The molecule has 1 unspecified atom stereocenters. The zero-order valence-electron chi connectivity index (χ0n) is 9.95. The summed E-state index contributed by atoms with van der Waals surface area (Å²) < 4.78 is 3.40. The third-order valence-electron chi connectivity index (χ3n) is 2.86. The Kier molecular flexibility index (Phi) is 8.35. The molecule has 0 nitrogen and oxygen atoms in total. The summed E-state index contributed by atoms with van der Waals surface area (Å²) in [4.78, 5) is 0. The summed E-state index contributed by atoms with van der Waals surface area (Å²) in [5.41, 5.74) is 0. The van der Waals surface area contributed by atoms with Crippen LogP contribution in [-0.2, 0) is 0 Å². The maximum absolute atomic E-state index is 2.43. The molecular weight excluding hydrogens is 295 g/mol. The van der Waals surface area contributed by atoms with E-state index in [0.717, 1.165) is 3.92 Å². The second kappa shape index (κ2) is 9.44. The van der Waals surface area contributed by atoms with Crippen molar-refractivity contribution in [2.24, 2.45) is 0 Å². The monoisotopic (exact) mass is 320 g/mol. The van der Waals surface area contributed by atoms with E-state index in [0.29, 0.717) is 0 Å². The summed E-state index contributed by atoms with van der Waals surface area (Å²) in [6, 6.07) is 0. The van der Waals surface area contributed by atoms with Gasteiger partial charge in [-0.1, -0.05) is 0 Å². The molecule has 0 aromatic heterocycles. The summed E-state index contributed by atoms with van der Waals surface area (Å²) in [5.74, 6) is 0. The second-order valence-electron chi connectivity index (χ2n) is 4.30. The topological polar surface area (TPSA) is 0 Å². The molecule has 0 fully saturated rings. The van der Waals surface area contributed by atoms with Gasteiger partial charge in [0.25, 0.3) is 0 Å². The molecule has 1 aliphatic heterocycles. The van der Waals surface area contributed by atoms with Gasteiger partial charge in [0.05, 0.1) is 0 Å². The van der Waals surface area contributed by atoms with E-state index in [1.165, 1.54) is 51.4 Å². The fraction of sp³-hybridized carbons (Fsp3) is 0.714. The van der Waals surface area contributed by atoms with Crippen LogP contribution in [0.15, 0.2) is 22.3 Å². The molecule has 1 rings (SSSR count). The molecule has 0 radical (unpaired) electrons. The molecule has 0 saturated heterocycles. The Morgan fingerprint density at radius 3 is 2.33 bits per heavy atom. The van der Waals surface area contributed by atoms with Crippen LogP contribution in [0, 0.1) is 0 Å². The minimum atomic E-state index is 0.182. The average Bonchev–Trinajstić information content (AvgIpc) is 2.29. The number of unbranched alkanes of at least 4 members (excludes halogenated alkanes) is 6. The van der Waals surface area contributed by atoms with Gasteiger partial charge in [0, 0.05) is 0 Å². The standard InChI is InChI=1S/C14H25I/c1-2-3-4-5-6-7-8-11-14-12-9-10-13-15-14/h9-10,12-15H,2-8,11H2,1H3. The van der Waals surface area contributed by atoms with Crippen LogP contribution in [-0.4, -0.2) is 3.92 Å². The van der Waals surface area contributed by atoms with Crippen molar-refractivity contribution in [1.82, 2.24) is 0 Å². The molecule has 15 heavy (non-hydrogen) atoms. The molecule has 0 amide bonds. The average molecular weight is 320 g/mol. The Morgan fingerprint density at radius 1 is 0.933 bits per heavy atom. The molecule has 0 spiro atoms. The normalized spacial score (nSPS) is 20.2. The van der Waals surface area contributed by atoms with Gasteiger partial charge in [-0.05, 0) is 0 Å². The van der Waals surface area contributed by atoms with E-state index in [-0.39, 0.29) is 21.2 Å². The zero-order valence-corrected chi connectivity index (χ0v) is 12.3. The van der Waals surface area contributed by atoms with E-state index in [1.54, 1.807) is 0 Å². The van der Waals surface area contributed by atoms with Gasteiger partial charge in [-0.15, -0.1) is 0 Å². The van der Waals surface area contributed by atoms with Crippen molar-refractivity contribution in [1.29, 1.82) is 0 Å². The van der Waals surface area contributed by atoms with Gasteiger partial charge in [-0.25, -0.2) is 0 Å². The quantitative estimate of drug-likeness (QED) is 0.324. The van der Waals surface area contributed by atoms with Crippen molar-refractivity contribution in [2.45, 2.75) is 62.2 Å². The fourth-order valence-electron chi connectivity index (χ4n) is 1.89. The predicted molar refractivity (Wildman–Crippen MR) is 80.1 cm³/mol. The Labute approximate surface area is 105 Å². The molecule has 0 aromatic rings. The zero-order chi connectivity index (χ0) is 10.8. The number of hydrogen-bond donors (Lipinski definition) is 0. The predicted octanol–water partition coefficient (Wildman–Crippen LogP) is 5.28. The van der Waals surface area contributed by atoms with Crippen LogP contribution >= 0.6 is 21.2 Å². The number of allylic oxidation sites excluding steroid dienone is 3. The van der Waals surface area contributed by atoms with Crippen LogP contribution in [0.1, 0.15) is 58.3 Å². The number of hydrogen-bond acceptors (Lipinski definition) is 0. The van der Waals surface area contributed by atoms with E-state index in [4.69, 9.17) is 0 Å². The number of halogens is 1. The second-order valence-corrected chi connectivity index (χ2v) is 7.58. The van der Waals surface area contributed by atoms with E-state index in [2.05, 4.69) is 29.2 Å². The van der Waals surface area contributed by atoms with E-state index >= 15 is 0 Å². The van der Waals surface area contributed by atoms with Crippen LogP contribution in [0.3, 0.4) is 0 Å². The molecule has 1 aliphatic rings.